The molecule has 2 aliphatic rings. The van der Waals surface area contributed by atoms with Crippen molar-refractivity contribution in [3.63, 3.8) is 0 Å². The monoisotopic (exact) mass is 508 g/mol. The molecule has 2 aromatic carbocycles. The molecule has 7 heteroatoms. The summed E-state index contributed by atoms with van der Waals surface area (Å²) in [6.07, 6.45) is 4.11. The summed E-state index contributed by atoms with van der Waals surface area (Å²) in [5, 5.41) is 10.5. The van der Waals surface area contributed by atoms with Crippen LogP contribution >= 0.6 is 0 Å². The van der Waals surface area contributed by atoms with Crippen LogP contribution in [0.2, 0.25) is 0 Å². The quantitative estimate of drug-likeness (QED) is 0.411. The summed E-state index contributed by atoms with van der Waals surface area (Å²) < 4.78 is 29.4. The van der Waals surface area contributed by atoms with Crippen LogP contribution in [0.5, 0.6) is 28.7 Å². The van der Waals surface area contributed by atoms with Gasteiger partial charge in [-0.15, -0.1) is 0 Å². The molecule has 0 spiro atoms. The predicted octanol–water partition coefficient (Wildman–Crippen LogP) is 5.64. The number of rotatable bonds is 10. The number of hydrogen-bond donors (Lipinski definition) is 0. The summed E-state index contributed by atoms with van der Waals surface area (Å²) >= 11 is 0. The van der Waals surface area contributed by atoms with Crippen molar-refractivity contribution in [2.45, 2.75) is 64.6 Å². The average Bonchev–Trinajstić information content (AvgIpc) is 2.93. The molecule has 4 unspecified atom stereocenters. The first-order chi connectivity index (χ1) is 17.9. The fourth-order valence-corrected chi connectivity index (χ4v) is 5.97. The molecule has 7 nitrogen and oxygen atoms in total. The van der Waals surface area contributed by atoms with Crippen LogP contribution in [0.15, 0.2) is 30.3 Å². The van der Waals surface area contributed by atoms with Gasteiger partial charge >= 0.3 is 0 Å². The van der Waals surface area contributed by atoms with Crippen LogP contribution in [0.1, 0.15) is 50.7 Å². The first-order valence-electron chi connectivity index (χ1n) is 13.2. The summed E-state index contributed by atoms with van der Waals surface area (Å²) in [7, 11) is 7.14. The Morgan fingerprint density at radius 1 is 1.14 bits per heavy atom. The van der Waals surface area contributed by atoms with E-state index in [2.05, 4.69) is 37.9 Å². The lowest BCUT2D eigenvalue weighted by Gasteiger charge is -2.42. The number of benzene rings is 2. The Kier molecular flexibility index (Phi) is 8.39. The molecule has 200 valence electrons. The zero-order valence-corrected chi connectivity index (χ0v) is 23.0. The molecule has 2 aliphatic heterocycles. The maximum absolute atomic E-state index is 10.5. The Hall–Kier alpha value is -3.11. The molecule has 0 bridgehead atoms. The van der Waals surface area contributed by atoms with Gasteiger partial charge in [0, 0.05) is 18.2 Å². The van der Waals surface area contributed by atoms with Gasteiger partial charge < -0.3 is 23.7 Å². The molecular formula is C30H40N2O5. The molecule has 0 aliphatic carbocycles. The van der Waals surface area contributed by atoms with Crippen molar-refractivity contribution in [2.75, 3.05) is 35.0 Å². The summed E-state index contributed by atoms with van der Waals surface area (Å²) in [6, 6.07) is 12.8. The van der Waals surface area contributed by atoms with E-state index in [-0.39, 0.29) is 12.0 Å². The molecule has 4 atom stereocenters. The van der Waals surface area contributed by atoms with E-state index < -0.39 is 5.41 Å². The zero-order chi connectivity index (χ0) is 26.6. The van der Waals surface area contributed by atoms with Gasteiger partial charge in [0.15, 0.2) is 29.1 Å². The van der Waals surface area contributed by atoms with Crippen molar-refractivity contribution >= 4 is 0 Å². The minimum absolute atomic E-state index is 0.179. The molecule has 0 aromatic heterocycles. The fraction of sp³-hybridized carbons (Fsp3) is 0.567. The third-order valence-corrected chi connectivity index (χ3v) is 8.42. The predicted molar refractivity (Wildman–Crippen MR) is 143 cm³/mol. The number of ether oxygens (including phenoxy) is 5. The highest BCUT2D eigenvalue weighted by Crippen LogP contribution is 2.46. The maximum atomic E-state index is 10.5. The van der Waals surface area contributed by atoms with Gasteiger partial charge in [-0.05, 0) is 56.0 Å². The Bertz CT molecular complexity index is 1130. The van der Waals surface area contributed by atoms with E-state index in [0.29, 0.717) is 24.1 Å². The number of nitrogens with zero attached hydrogens (tertiary/aromatic N) is 2. The van der Waals surface area contributed by atoms with Crippen LogP contribution < -0.4 is 23.7 Å². The van der Waals surface area contributed by atoms with Gasteiger partial charge in [-0.3, -0.25) is 4.90 Å². The Morgan fingerprint density at radius 2 is 1.86 bits per heavy atom. The van der Waals surface area contributed by atoms with E-state index >= 15 is 0 Å². The number of para-hydroxylation sites is 2. The van der Waals surface area contributed by atoms with Gasteiger partial charge in [-0.1, -0.05) is 38.8 Å². The van der Waals surface area contributed by atoms with Crippen LogP contribution in [0, 0.1) is 22.7 Å². The third-order valence-electron chi connectivity index (χ3n) is 8.42. The minimum Gasteiger partial charge on any atom is -0.493 e. The molecule has 37 heavy (non-hydrogen) atoms. The standard InChI is InChI=1S/C30H40N2O5/c1-7-20(2)30(19-31,27-18-36-24-12-8-9-13-25(24)37-27)14-10-11-22-16-23-21(17-32(22)3)15-26(33-4)29(35-6)28(23)34-5/h8-9,12-13,15,20,22,27H,7,10-11,14,16-18H2,1-6H3. The molecule has 0 radical (unpaired) electrons. The number of likely N-dealkylation sites (N-methyl/N-ethyl adjacent to an activating group) is 1. The Labute approximate surface area is 221 Å². The van der Waals surface area contributed by atoms with E-state index in [9.17, 15) is 5.26 Å². The second-order valence-corrected chi connectivity index (χ2v) is 10.3. The topological polar surface area (TPSA) is 73.2 Å². The highest BCUT2D eigenvalue weighted by molar-refractivity contribution is 5.60. The van der Waals surface area contributed by atoms with Gasteiger partial charge in [-0.25, -0.2) is 0 Å². The Morgan fingerprint density at radius 3 is 2.51 bits per heavy atom. The van der Waals surface area contributed by atoms with E-state index in [0.717, 1.165) is 55.9 Å². The zero-order valence-electron chi connectivity index (χ0n) is 23.0. The van der Waals surface area contributed by atoms with Gasteiger partial charge in [0.25, 0.3) is 0 Å². The van der Waals surface area contributed by atoms with Gasteiger partial charge in [0.05, 0.1) is 27.4 Å². The van der Waals surface area contributed by atoms with Crippen LogP contribution in [-0.4, -0.2) is 52.0 Å². The maximum Gasteiger partial charge on any atom is 0.203 e. The van der Waals surface area contributed by atoms with Crippen LogP contribution in [-0.2, 0) is 13.0 Å². The molecular weight excluding hydrogens is 468 g/mol. The van der Waals surface area contributed by atoms with Crippen molar-refractivity contribution < 1.29 is 23.7 Å². The van der Waals surface area contributed by atoms with Crippen molar-refractivity contribution in [3.8, 4) is 34.8 Å². The van der Waals surface area contributed by atoms with E-state index in [1.54, 1.807) is 21.3 Å². The van der Waals surface area contributed by atoms with Gasteiger partial charge in [-0.2, -0.15) is 5.26 Å². The van der Waals surface area contributed by atoms with E-state index in [1.807, 2.05) is 24.3 Å². The van der Waals surface area contributed by atoms with Gasteiger partial charge in [0.2, 0.25) is 5.75 Å². The smallest absolute Gasteiger partial charge is 0.203 e. The first-order valence-corrected chi connectivity index (χ1v) is 13.2. The average molecular weight is 509 g/mol. The van der Waals surface area contributed by atoms with Crippen LogP contribution in [0.4, 0.5) is 0 Å². The highest BCUT2D eigenvalue weighted by atomic mass is 16.6. The normalized spacial score (nSPS) is 21.2. The molecule has 0 saturated carbocycles. The second-order valence-electron chi connectivity index (χ2n) is 10.3. The number of nitriles is 1. The second kappa shape index (κ2) is 11.5. The van der Waals surface area contributed by atoms with E-state index in [4.69, 9.17) is 23.7 Å². The summed E-state index contributed by atoms with van der Waals surface area (Å²) in [4.78, 5) is 2.39. The highest BCUT2D eigenvalue weighted by Gasteiger charge is 2.47. The number of methoxy groups -OCH3 is 3. The summed E-state index contributed by atoms with van der Waals surface area (Å²) in [5.41, 5.74) is 1.75. The lowest BCUT2D eigenvalue weighted by molar-refractivity contribution is -0.0166. The van der Waals surface area contributed by atoms with E-state index in [1.165, 1.54) is 11.1 Å². The number of fused-ring (bicyclic) bond motifs is 2. The lowest BCUT2D eigenvalue weighted by Crippen LogP contribution is -2.48. The fourth-order valence-electron chi connectivity index (χ4n) is 5.97. The van der Waals surface area contributed by atoms with Crippen LogP contribution in [0.25, 0.3) is 0 Å². The first kappa shape index (κ1) is 26.9. The summed E-state index contributed by atoms with van der Waals surface area (Å²) in [6.45, 7) is 5.51. The SMILES string of the molecule is CCC(C)C(C#N)(CCCC1Cc2c(cc(OC)c(OC)c2OC)CN1C)C1COc2ccccc2O1. The molecule has 2 heterocycles. The number of hydrogen-bond acceptors (Lipinski definition) is 7. The van der Waals surface area contributed by atoms with Crippen molar-refractivity contribution in [1.29, 1.82) is 5.26 Å². The molecule has 0 fully saturated rings. The minimum atomic E-state index is -0.623. The lowest BCUT2D eigenvalue weighted by atomic mass is 9.68. The van der Waals surface area contributed by atoms with Crippen molar-refractivity contribution in [1.82, 2.24) is 4.90 Å². The van der Waals surface area contributed by atoms with Gasteiger partial charge in [0.1, 0.15) is 12.0 Å². The largest absolute Gasteiger partial charge is 0.493 e. The summed E-state index contributed by atoms with van der Waals surface area (Å²) in [5.74, 6) is 3.74. The molecule has 0 amide bonds. The van der Waals surface area contributed by atoms with Crippen LogP contribution in [0.3, 0.4) is 0 Å². The molecule has 0 saturated heterocycles. The Balaban J connectivity index is 1.51. The molecule has 2 aromatic rings. The third kappa shape index (κ3) is 5.04. The van der Waals surface area contributed by atoms with Crippen molar-refractivity contribution in [2.24, 2.45) is 11.3 Å². The molecule has 0 N–H and O–H groups in total. The molecule has 4 rings (SSSR count). The van der Waals surface area contributed by atoms with Crippen molar-refractivity contribution in [3.05, 3.63) is 41.5 Å².